The number of nitrogens with one attached hydrogen (secondary N) is 1. The maximum atomic E-state index is 10.4. The normalized spacial score (nSPS) is 9.92. The molecule has 140 valence electrons. The van der Waals surface area contributed by atoms with Gasteiger partial charge in [0.15, 0.2) is 0 Å². The Morgan fingerprint density at radius 2 is 1.42 bits per heavy atom. The van der Waals surface area contributed by atoms with Gasteiger partial charge in [-0.05, 0) is 0 Å². The average molecular weight is 354 g/mol. The van der Waals surface area contributed by atoms with E-state index < -0.39 is 43.6 Å². The van der Waals surface area contributed by atoms with Gasteiger partial charge in [0, 0.05) is 13.1 Å². The number of carbonyl (C=O) groups is 4. The zero-order valence-electron chi connectivity index (χ0n) is 12.9. The first-order chi connectivity index (χ1) is 11.2. The number of ether oxygens (including phenoxy) is 1. The highest BCUT2D eigenvalue weighted by Crippen LogP contribution is 1.89. The highest BCUT2D eigenvalue weighted by Gasteiger charge is 2.13. The van der Waals surface area contributed by atoms with Crippen molar-refractivity contribution < 1.29 is 49.4 Å². The fraction of sp³-hybridized carbons (Fsp3) is 0.667. The Kier molecular flexibility index (Phi) is 15.6. The summed E-state index contributed by atoms with van der Waals surface area (Å²) in [6, 6.07) is 0. The summed E-state index contributed by atoms with van der Waals surface area (Å²) >= 11 is 0. The van der Waals surface area contributed by atoms with E-state index in [1.807, 2.05) is 0 Å². The number of hydrogen-bond acceptors (Lipinski definition) is 8. The van der Waals surface area contributed by atoms with Gasteiger partial charge in [0.2, 0.25) is 0 Å². The highest BCUT2D eigenvalue weighted by atomic mass is 16.5. The topological polar surface area (TPSA) is 194 Å². The number of carboxylic acids is 4. The van der Waals surface area contributed by atoms with Crippen LogP contribution in [0.2, 0.25) is 0 Å². The van der Waals surface area contributed by atoms with Gasteiger partial charge in [0.05, 0.1) is 32.8 Å². The van der Waals surface area contributed by atoms with Crippen LogP contribution in [0.25, 0.3) is 0 Å². The van der Waals surface area contributed by atoms with E-state index in [2.05, 4.69) is 10.1 Å². The smallest absolute Gasteiger partial charge is 0.329 e. The molecule has 0 heterocycles. The molecule has 0 saturated heterocycles. The second kappa shape index (κ2) is 15.6. The predicted octanol–water partition coefficient (Wildman–Crippen LogP) is -2.79. The highest BCUT2D eigenvalue weighted by molar-refractivity contribution is 5.72. The molecule has 0 radical (unpaired) electrons. The molecule has 0 aromatic heterocycles. The van der Waals surface area contributed by atoms with Gasteiger partial charge in [0.25, 0.3) is 0 Å². The maximum absolute atomic E-state index is 10.4. The van der Waals surface area contributed by atoms with Gasteiger partial charge in [0.1, 0.15) is 6.61 Å². The molecule has 0 aliphatic heterocycles. The number of nitrogens with zero attached hydrogens (tertiary/aromatic N) is 1. The van der Waals surface area contributed by atoms with E-state index in [9.17, 15) is 19.2 Å². The largest absolute Gasteiger partial charge is 0.480 e. The second-order valence-corrected chi connectivity index (χ2v) is 4.24. The minimum absolute atomic E-state index is 0.0206. The van der Waals surface area contributed by atoms with Crippen LogP contribution in [-0.4, -0.2) is 107 Å². The van der Waals surface area contributed by atoms with Gasteiger partial charge in [-0.2, -0.15) is 0 Å². The van der Waals surface area contributed by atoms with E-state index in [0.717, 1.165) is 4.90 Å². The molecule has 0 atom stereocenters. The zero-order valence-corrected chi connectivity index (χ0v) is 12.9. The molecule has 0 aliphatic carbocycles. The van der Waals surface area contributed by atoms with Crippen LogP contribution < -0.4 is 5.32 Å². The van der Waals surface area contributed by atoms with Gasteiger partial charge in [-0.1, -0.05) is 0 Å². The van der Waals surface area contributed by atoms with Crippen molar-refractivity contribution in [2.24, 2.45) is 0 Å². The summed E-state index contributed by atoms with van der Waals surface area (Å²) in [5.41, 5.74) is 0. The molecule has 0 saturated carbocycles. The van der Waals surface area contributed by atoms with E-state index in [1.165, 1.54) is 0 Å². The van der Waals surface area contributed by atoms with Crippen LogP contribution in [0, 0.1) is 0 Å². The Hall–Kier alpha value is -2.28. The molecule has 0 spiro atoms. The lowest BCUT2D eigenvalue weighted by molar-refractivity contribution is -0.145. The van der Waals surface area contributed by atoms with Gasteiger partial charge in [-0.25, -0.2) is 4.79 Å². The SMILES string of the molecule is O=C(O)CNCCO.O=C(O)COCCN(CC(=O)O)CC(=O)O. The first kappa shape index (κ1) is 24.0. The zero-order chi connectivity index (χ0) is 19.0. The van der Waals surface area contributed by atoms with Crippen molar-refractivity contribution >= 4 is 23.9 Å². The molecule has 0 amide bonds. The Morgan fingerprint density at radius 1 is 0.875 bits per heavy atom. The van der Waals surface area contributed by atoms with Crippen LogP contribution in [-0.2, 0) is 23.9 Å². The van der Waals surface area contributed by atoms with Crippen LogP contribution >= 0.6 is 0 Å². The Bertz CT molecular complexity index is 385. The second-order valence-electron chi connectivity index (χ2n) is 4.24. The molecule has 0 aromatic rings. The predicted molar refractivity (Wildman–Crippen MR) is 77.8 cm³/mol. The number of rotatable bonds is 13. The fourth-order valence-corrected chi connectivity index (χ4v) is 1.22. The number of aliphatic hydroxyl groups excluding tert-OH is 1. The molecule has 0 fully saturated rings. The van der Waals surface area contributed by atoms with E-state index in [-0.39, 0.29) is 26.3 Å². The molecular weight excluding hydrogens is 332 g/mol. The van der Waals surface area contributed by atoms with E-state index in [4.69, 9.17) is 25.5 Å². The van der Waals surface area contributed by atoms with Crippen molar-refractivity contribution in [1.29, 1.82) is 0 Å². The quantitative estimate of drug-likeness (QED) is 0.186. The standard InChI is InChI=1S/C8H13NO7.C4H9NO3/c10-6(11)3-9(4-7(12)13)1-2-16-5-8(14)15;6-2-1-5-3-4(7)8/h1-5H2,(H,10,11)(H,12,13)(H,14,15);5-6H,1-3H2,(H,7,8). The van der Waals surface area contributed by atoms with Crippen molar-refractivity contribution in [3.05, 3.63) is 0 Å². The van der Waals surface area contributed by atoms with Crippen molar-refractivity contribution in [2.45, 2.75) is 0 Å². The van der Waals surface area contributed by atoms with Gasteiger partial charge in [-0.3, -0.25) is 19.3 Å². The molecule has 0 aromatic carbocycles. The first-order valence-corrected chi connectivity index (χ1v) is 6.67. The number of aliphatic hydroxyl groups is 1. The lowest BCUT2D eigenvalue weighted by Crippen LogP contribution is -2.37. The number of aliphatic carboxylic acids is 4. The van der Waals surface area contributed by atoms with Crippen LogP contribution in [0.15, 0.2) is 0 Å². The summed E-state index contributed by atoms with van der Waals surface area (Å²) in [7, 11) is 0. The monoisotopic (exact) mass is 354 g/mol. The Labute approximate surface area is 137 Å². The number of carboxylic acid groups (broad SMARTS) is 4. The minimum Gasteiger partial charge on any atom is -0.480 e. The van der Waals surface area contributed by atoms with Gasteiger partial charge >= 0.3 is 23.9 Å². The van der Waals surface area contributed by atoms with Crippen molar-refractivity contribution in [3.8, 4) is 0 Å². The third kappa shape index (κ3) is 22.0. The van der Waals surface area contributed by atoms with Gasteiger partial charge in [-0.15, -0.1) is 0 Å². The third-order valence-corrected chi connectivity index (χ3v) is 2.06. The van der Waals surface area contributed by atoms with E-state index in [1.54, 1.807) is 0 Å². The summed E-state index contributed by atoms with van der Waals surface area (Å²) in [4.78, 5) is 41.7. The lowest BCUT2D eigenvalue weighted by Gasteiger charge is -2.17. The molecular formula is C12H22N2O10. The van der Waals surface area contributed by atoms with Crippen molar-refractivity contribution in [3.63, 3.8) is 0 Å². The Balaban J connectivity index is 0. The first-order valence-electron chi connectivity index (χ1n) is 6.67. The fourth-order valence-electron chi connectivity index (χ4n) is 1.22. The summed E-state index contributed by atoms with van der Waals surface area (Å²) in [5.74, 6) is -4.35. The molecule has 0 bridgehead atoms. The Morgan fingerprint density at radius 3 is 1.79 bits per heavy atom. The summed E-state index contributed by atoms with van der Waals surface area (Å²) in [6.45, 7) is -1.10. The lowest BCUT2D eigenvalue weighted by atomic mass is 10.4. The molecule has 0 aliphatic rings. The third-order valence-electron chi connectivity index (χ3n) is 2.06. The average Bonchev–Trinajstić information content (AvgIpc) is 2.42. The summed E-state index contributed by atoms with van der Waals surface area (Å²) < 4.78 is 4.66. The van der Waals surface area contributed by atoms with Crippen molar-refractivity contribution in [1.82, 2.24) is 10.2 Å². The van der Waals surface area contributed by atoms with E-state index >= 15 is 0 Å². The molecule has 24 heavy (non-hydrogen) atoms. The van der Waals surface area contributed by atoms with Crippen LogP contribution in [0.1, 0.15) is 0 Å². The van der Waals surface area contributed by atoms with E-state index in [0.29, 0.717) is 6.54 Å². The minimum atomic E-state index is -1.15. The van der Waals surface area contributed by atoms with Crippen LogP contribution in [0.5, 0.6) is 0 Å². The van der Waals surface area contributed by atoms with Gasteiger partial charge < -0.3 is 35.6 Å². The molecule has 0 unspecified atom stereocenters. The number of hydrogen-bond donors (Lipinski definition) is 6. The molecule has 12 nitrogen and oxygen atoms in total. The molecule has 12 heteroatoms. The van der Waals surface area contributed by atoms with Crippen molar-refractivity contribution in [2.75, 3.05) is 52.5 Å². The summed E-state index contributed by atoms with van der Waals surface area (Å²) in [5, 5.41) is 43.8. The van der Waals surface area contributed by atoms with Crippen LogP contribution in [0.3, 0.4) is 0 Å². The maximum Gasteiger partial charge on any atom is 0.329 e. The molecule has 6 N–H and O–H groups in total. The summed E-state index contributed by atoms with van der Waals surface area (Å²) in [6.07, 6.45) is 0. The molecule has 0 rings (SSSR count). The van der Waals surface area contributed by atoms with Crippen LogP contribution in [0.4, 0.5) is 0 Å².